The molecule has 1 aromatic carbocycles. The number of nitrogens with two attached hydrogens (primary N) is 1. The Hall–Kier alpha value is -3.77. The van der Waals surface area contributed by atoms with Crippen molar-refractivity contribution in [2.75, 3.05) is 36.9 Å². The summed E-state index contributed by atoms with van der Waals surface area (Å²) in [4.78, 5) is 16.6. The first-order valence-corrected chi connectivity index (χ1v) is 13.3. The Bertz CT molecular complexity index is 1230. The van der Waals surface area contributed by atoms with Gasteiger partial charge in [-0.2, -0.15) is 5.26 Å². The molecule has 0 unspecified atom stereocenters. The van der Waals surface area contributed by atoms with Crippen LogP contribution >= 0.6 is 0 Å². The number of rotatable bonds is 10. The largest absolute Gasteiger partial charge is 0.467 e. The fraction of sp³-hybridized carbons (Fsp3) is 0.483. The number of benzene rings is 1. The maximum atomic E-state index is 11.8. The van der Waals surface area contributed by atoms with E-state index >= 15 is 0 Å². The van der Waals surface area contributed by atoms with Gasteiger partial charge in [0.25, 0.3) is 0 Å². The fourth-order valence-corrected chi connectivity index (χ4v) is 6.84. The van der Waals surface area contributed by atoms with Gasteiger partial charge < -0.3 is 30.6 Å². The molecule has 38 heavy (non-hydrogen) atoms. The number of ether oxygens (including phenoxy) is 3. The number of nitriles is 1. The molecule has 4 aliphatic rings. The summed E-state index contributed by atoms with van der Waals surface area (Å²) in [5.74, 6) is 3.46. The predicted octanol–water partition coefficient (Wildman–Crippen LogP) is 5.22. The normalized spacial score (nSPS) is 25.2. The molecule has 9 heteroatoms. The van der Waals surface area contributed by atoms with Crippen molar-refractivity contribution in [3.63, 3.8) is 0 Å². The zero-order valence-electron chi connectivity index (χ0n) is 22.0. The summed E-state index contributed by atoms with van der Waals surface area (Å²) in [6.45, 7) is 2.11. The maximum Gasteiger partial charge on any atom is 0.330 e. The minimum Gasteiger partial charge on any atom is -0.467 e. The summed E-state index contributed by atoms with van der Waals surface area (Å²) in [5.41, 5.74) is 8.48. The molecular weight excluding hydrogens is 482 g/mol. The van der Waals surface area contributed by atoms with Gasteiger partial charge in [-0.3, -0.25) is 0 Å². The van der Waals surface area contributed by atoms with E-state index in [1.165, 1.54) is 32.4 Å². The zero-order valence-corrected chi connectivity index (χ0v) is 22.0. The van der Waals surface area contributed by atoms with Gasteiger partial charge in [0, 0.05) is 42.1 Å². The van der Waals surface area contributed by atoms with E-state index in [1.54, 1.807) is 25.1 Å². The van der Waals surface area contributed by atoms with Crippen LogP contribution in [0.25, 0.3) is 6.08 Å². The lowest BCUT2D eigenvalue weighted by atomic mass is 9.53. The molecule has 200 valence electrons. The van der Waals surface area contributed by atoms with Crippen molar-refractivity contribution in [1.29, 1.82) is 5.26 Å². The number of pyridine rings is 1. The van der Waals surface area contributed by atoms with Gasteiger partial charge in [-0.1, -0.05) is 0 Å². The van der Waals surface area contributed by atoms with E-state index < -0.39 is 5.97 Å². The highest BCUT2D eigenvalue weighted by Crippen LogP contribution is 2.56. The Morgan fingerprint density at radius 3 is 2.55 bits per heavy atom. The van der Waals surface area contributed by atoms with Crippen molar-refractivity contribution in [2.45, 2.75) is 51.0 Å². The number of carbonyl (C=O) groups is 1. The van der Waals surface area contributed by atoms with Crippen LogP contribution in [-0.2, 0) is 14.3 Å². The first-order valence-electron chi connectivity index (χ1n) is 13.3. The van der Waals surface area contributed by atoms with Gasteiger partial charge in [0.1, 0.15) is 29.0 Å². The first-order chi connectivity index (χ1) is 18.4. The lowest BCUT2D eigenvalue weighted by Crippen LogP contribution is -2.55. The second kappa shape index (κ2) is 10.9. The Labute approximate surface area is 223 Å². The van der Waals surface area contributed by atoms with E-state index in [9.17, 15) is 10.1 Å². The van der Waals surface area contributed by atoms with Crippen LogP contribution in [0.1, 0.15) is 56.6 Å². The predicted molar refractivity (Wildman–Crippen MR) is 146 cm³/mol. The topological polar surface area (TPSA) is 132 Å². The van der Waals surface area contributed by atoms with Crippen molar-refractivity contribution in [1.82, 2.24) is 4.98 Å². The van der Waals surface area contributed by atoms with Gasteiger partial charge in [-0.25, -0.2) is 9.78 Å². The van der Waals surface area contributed by atoms with Crippen LogP contribution in [0.2, 0.25) is 0 Å². The van der Waals surface area contributed by atoms with Gasteiger partial charge in [-0.05, 0) is 81.4 Å². The molecule has 4 N–H and O–H groups in total. The van der Waals surface area contributed by atoms with E-state index in [0.717, 1.165) is 37.0 Å². The third-order valence-electron chi connectivity index (χ3n) is 7.89. The van der Waals surface area contributed by atoms with Crippen LogP contribution in [0.4, 0.5) is 23.0 Å². The summed E-state index contributed by atoms with van der Waals surface area (Å²) in [6.07, 6.45) is 10.4. The molecule has 1 aromatic heterocycles. The van der Waals surface area contributed by atoms with Crippen molar-refractivity contribution < 1.29 is 19.0 Å². The van der Waals surface area contributed by atoms with Crippen molar-refractivity contribution >= 4 is 35.1 Å². The van der Waals surface area contributed by atoms with E-state index in [1.807, 2.05) is 12.1 Å². The van der Waals surface area contributed by atoms with Crippen LogP contribution in [0, 0.1) is 29.1 Å². The van der Waals surface area contributed by atoms with Gasteiger partial charge in [0.15, 0.2) is 6.79 Å². The number of esters is 1. The van der Waals surface area contributed by atoms with E-state index in [0.29, 0.717) is 46.5 Å². The molecule has 4 bridgehead atoms. The Kier molecular flexibility index (Phi) is 7.43. The van der Waals surface area contributed by atoms with Crippen molar-refractivity contribution in [2.24, 2.45) is 17.8 Å². The average Bonchev–Trinajstić information content (AvgIpc) is 2.86. The lowest BCUT2D eigenvalue weighted by molar-refractivity contribution is -0.137. The number of aromatic nitrogens is 1. The molecular formula is C29H35N5O4. The Balaban J connectivity index is 1.39. The summed E-state index contributed by atoms with van der Waals surface area (Å²) in [6, 6.07) is 9.40. The molecule has 2 aromatic rings. The van der Waals surface area contributed by atoms with Crippen molar-refractivity contribution in [3.8, 4) is 11.8 Å². The highest BCUT2D eigenvalue weighted by Gasteiger charge is 2.51. The molecule has 6 rings (SSSR count). The van der Waals surface area contributed by atoms with Gasteiger partial charge in [-0.15, -0.1) is 0 Å². The average molecular weight is 518 g/mol. The molecule has 9 nitrogen and oxygen atoms in total. The minimum absolute atomic E-state index is 0.00746. The monoisotopic (exact) mass is 517 g/mol. The Morgan fingerprint density at radius 1 is 1.21 bits per heavy atom. The van der Waals surface area contributed by atoms with Crippen molar-refractivity contribution in [3.05, 3.63) is 41.5 Å². The molecule has 0 amide bonds. The number of methoxy groups -OCH3 is 1. The first kappa shape index (κ1) is 25.9. The SMILES string of the molecule is CCOC(=O)/C=C/c1ccc(Nc2cc(N)c(C#N)c(NC34CC5CC(CC(C5)C3)C4)n2)cc1OCOC. The third-order valence-corrected chi connectivity index (χ3v) is 7.89. The van der Waals surface area contributed by atoms with Crippen LogP contribution in [0.5, 0.6) is 5.75 Å². The number of hydrogen-bond acceptors (Lipinski definition) is 9. The number of carbonyl (C=O) groups excluding carboxylic acids is 1. The quantitative estimate of drug-likeness (QED) is 0.220. The molecule has 0 saturated heterocycles. The van der Waals surface area contributed by atoms with Crippen LogP contribution in [-0.4, -0.2) is 37.0 Å². The number of nitrogens with zero attached hydrogens (tertiary/aromatic N) is 2. The highest BCUT2D eigenvalue weighted by atomic mass is 16.7. The number of anilines is 4. The highest BCUT2D eigenvalue weighted by molar-refractivity contribution is 5.88. The summed E-state index contributed by atoms with van der Waals surface area (Å²) >= 11 is 0. The zero-order chi connectivity index (χ0) is 26.7. The number of hydrogen-bond donors (Lipinski definition) is 3. The summed E-state index contributed by atoms with van der Waals surface area (Å²) in [5, 5.41) is 16.9. The van der Waals surface area contributed by atoms with E-state index in [-0.39, 0.29) is 12.3 Å². The molecule has 0 aliphatic heterocycles. The van der Waals surface area contributed by atoms with Crippen LogP contribution in [0.3, 0.4) is 0 Å². The van der Waals surface area contributed by atoms with E-state index in [4.69, 9.17) is 24.9 Å². The molecule has 0 spiro atoms. The van der Waals surface area contributed by atoms with Gasteiger partial charge in [0.2, 0.25) is 0 Å². The van der Waals surface area contributed by atoms with E-state index in [2.05, 4.69) is 16.7 Å². The molecule has 0 radical (unpaired) electrons. The molecule has 4 aliphatic carbocycles. The molecule has 1 heterocycles. The number of nitrogens with one attached hydrogen (secondary N) is 2. The van der Waals surface area contributed by atoms with Gasteiger partial charge >= 0.3 is 5.97 Å². The van der Waals surface area contributed by atoms with Crippen LogP contribution in [0.15, 0.2) is 30.3 Å². The second-order valence-corrected chi connectivity index (χ2v) is 10.8. The Morgan fingerprint density at radius 2 is 1.92 bits per heavy atom. The number of nitrogen functional groups attached to an aromatic ring is 1. The summed E-state index contributed by atoms with van der Waals surface area (Å²) < 4.78 is 15.8. The fourth-order valence-electron chi connectivity index (χ4n) is 6.84. The molecule has 0 atom stereocenters. The maximum absolute atomic E-state index is 11.8. The standard InChI is InChI=1S/C29H35N5O4/c1-3-37-27(35)7-5-21-4-6-22(11-25(21)38-17-36-2)32-26-12-24(31)23(16-30)28(33-26)34-29-13-18-8-19(14-29)10-20(9-18)15-29/h4-7,11-12,18-20H,3,8-10,13-15,17H2,1-2H3,(H4,31,32,33,34)/b7-5+. The second-order valence-electron chi connectivity index (χ2n) is 10.8. The lowest BCUT2D eigenvalue weighted by Gasteiger charge is -2.57. The molecule has 4 saturated carbocycles. The molecule has 4 fully saturated rings. The van der Waals surface area contributed by atoms with Gasteiger partial charge in [0.05, 0.1) is 12.3 Å². The minimum atomic E-state index is -0.427. The summed E-state index contributed by atoms with van der Waals surface area (Å²) in [7, 11) is 1.54. The van der Waals surface area contributed by atoms with Crippen LogP contribution < -0.4 is 21.1 Å². The smallest absolute Gasteiger partial charge is 0.330 e. The third kappa shape index (κ3) is 5.55.